The molecule has 0 radical (unpaired) electrons. The Morgan fingerprint density at radius 3 is 1.41 bits per heavy atom. The van der Waals surface area contributed by atoms with Gasteiger partial charge in [0, 0.05) is 0 Å². The van der Waals surface area contributed by atoms with Crippen molar-refractivity contribution in [2.24, 2.45) is 0 Å². The molecule has 0 aliphatic heterocycles. The molecule has 0 heterocycles. The van der Waals surface area contributed by atoms with Crippen molar-refractivity contribution in [3.05, 3.63) is 24.3 Å². The first-order valence-corrected chi connectivity index (χ1v) is 18.7. The number of carbonyl (C=O) groups is 1. The lowest BCUT2D eigenvalue weighted by Gasteiger charge is -2.27. The molecule has 0 bridgehead atoms. The van der Waals surface area contributed by atoms with E-state index in [0.29, 0.717) is 12.8 Å². The largest absolute Gasteiger partial charge is 0.394 e. The molecule has 0 aliphatic carbocycles. The summed E-state index contributed by atoms with van der Waals surface area (Å²) in [5, 5.41) is 43.3. The Kier molecular flexibility index (Phi) is 32.2. The Hall–Kier alpha value is -1.21. The van der Waals surface area contributed by atoms with Crippen LogP contribution in [0.5, 0.6) is 0 Å². The van der Waals surface area contributed by atoms with Crippen LogP contribution in [0.2, 0.25) is 0 Å². The molecule has 0 saturated heterocycles. The van der Waals surface area contributed by atoms with E-state index in [-0.39, 0.29) is 0 Å². The molecule has 44 heavy (non-hydrogen) atoms. The highest BCUT2D eigenvalue weighted by molar-refractivity contribution is 5.80. The van der Waals surface area contributed by atoms with Gasteiger partial charge in [0.25, 0.3) is 0 Å². The van der Waals surface area contributed by atoms with Gasteiger partial charge < -0.3 is 25.7 Å². The summed E-state index contributed by atoms with van der Waals surface area (Å²) in [5.74, 6) is -0.606. The molecule has 5 N–H and O–H groups in total. The van der Waals surface area contributed by atoms with Crippen molar-refractivity contribution in [3.63, 3.8) is 0 Å². The summed E-state index contributed by atoms with van der Waals surface area (Å²) in [6.45, 7) is 3.98. The Balaban J connectivity index is 3.86. The molecule has 0 rings (SSSR count). The lowest BCUT2D eigenvalue weighted by atomic mass is 10.00. The average Bonchev–Trinajstić information content (AvgIpc) is 3.03. The maximum Gasteiger partial charge on any atom is 0.249 e. The fourth-order valence-electron chi connectivity index (χ4n) is 5.57. The van der Waals surface area contributed by atoms with Crippen molar-refractivity contribution in [2.45, 2.75) is 205 Å². The van der Waals surface area contributed by atoms with Crippen LogP contribution in [0.1, 0.15) is 181 Å². The molecule has 0 aliphatic rings. The number of unbranched alkanes of at least 4 members (excludes halogenated alkanes) is 20. The van der Waals surface area contributed by atoms with Crippen LogP contribution in [-0.2, 0) is 4.79 Å². The minimum Gasteiger partial charge on any atom is -0.394 e. The number of allylic oxidation sites excluding steroid dienone is 4. The Bertz CT molecular complexity index is 668. The zero-order valence-electron chi connectivity index (χ0n) is 28.9. The van der Waals surface area contributed by atoms with Gasteiger partial charge in [-0.1, -0.05) is 141 Å². The normalized spacial score (nSPS) is 14.8. The number of amides is 1. The van der Waals surface area contributed by atoms with Crippen molar-refractivity contribution in [1.29, 1.82) is 0 Å². The zero-order chi connectivity index (χ0) is 32.5. The van der Waals surface area contributed by atoms with Gasteiger partial charge in [-0.25, -0.2) is 0 Å². The van der Waals surface area contributed by atoms with Crippen molar-refractivity contribution in [3.8, 4) is 0 Å². The molecule has 1 amide bonds. The number of aliphatic hydroxyl groups is 4. The van der Waals surface area contributed by atoms with E-state index in [9.17, 15) is 25.2 Å². The smallest absolute Gasteiger partial charge is 0.249 e. The summed E-state index contributed by atoms with van der Waals surface area (Å²) in [4.78, 5) is 12.4. The minimum absolute atomic E-state index is 0.348. The van der Waals surface area contributed by atoms with E-state index < -0.39 is 36.9 Å². The lowest BCUT2D eigenvalue weighted by molar-refractivity contribution is -0.132. The monoisotopic (exact) mass is 624 g/mol. The minimum atomic E-state index is -1.28. The number of hydrogen-bond acceptors (Lipinski definition) is 5. The molecule has 0 saturated carbocycles. The van der Waals surface area contributed by atoms with Gasteiger partial charge in [0.05, 0.1) is 18.8 Å². The summed E-state index contributed by atoms with van der Waals surface area (Å²) in [6, 6.07) is -1.00. The molecule has 4 atom stereocenters. The Labute approximate surface area is 272 Å². The highest BCUT2D eigenvalue weighted by Gasteiger charge is 2.28. The third-order valence-corrected chi connectivity index (χ3v) is 8.63. The summed E-state index contributed by atoms with van der Waals surface area (Å²) in [5.41, 5.74) is 0. The number of hydrogen-bond donors (Lipinski definition) is 5. The number of rotatable bonds is 33. The van der Waals surface area contributed by atoms with Gasteiger partial charge in [-0.15, -0.1) is 0 Å². The van der Waals surface area contributed by atoms with Gasteiger partial charge in [-0.3, -0.25) is 4.79 Å². The summed E-state index contributed by atoms with van der Waals surface area (Å²) < 4.78 is 0. The fraction of sp³-hybridized carbons (Fsp3) is 0.868. The SMILES string of the molecule is CCCCC/C=C\CCCCCCC(O)C(=O)NC(CO)C(O)C(O)CCC/C=C/CCCCCCCCCCCCCC. The van der Waals surface area contributed by atoms with Gasteiger partial charge >= 0.3 is 0 Å². The third kappa shape index (κ3) is 27.1. The maximum absolute atomic E-state index is 12.4. The van der Waals surface area contributed by atoms with Gasteiger partial charge in [0.2, 0.25) is 5.91 Å². The summed E-state index contributed by atoms with van der Waals surface area (Å²) in [6.07, 6.45) is 34.9. The van der Waals surface area contributed by atoms with E-state index >= 15 is 0 Å². The van der Waals surface area contributed by atoms with Gasteiger partial charge in [0.1, 0.15) is 12.2 Å². The average molecular weight is 624 g/mol. The van der Waals surface area contributed by atoms with Crippen LogP contribution in [0.25, 0.3) is 0 Å². The van der Waals surface area contributed by atoms with E-state index in [1.165, 1.54) is 96.3 Å². The highest BCUT2D eigenvalue weighted by atomic mass is 16.3. The van der Waals surface area contributed by atoms with Crippen molar-refractivity contribution in [1.82, 2.24) is 5.32 Å². The van der Waals surface area contributed by atoms with Crippen LogP contribution >= 0.6 is 0 Å². The number of carbonyl (C=O) groups excluding carboxylic acids is 1. The predicted molar refractivity (Wildman–Crippen MR) is 187 cm³/mol. The van der Waals surface area contributed by atoms with E-state index in [4.69, 9.17) is 0 Å². The third-order valence-electron chi connectivity index (χ3n) is 8.63. The zero-order valence-corrected chi connectivity index (χ0v) is 28.9. The summed E-state index contributed by atoms with van der Waals surface area (Å²) in [7, 11) is 0. The first kappa shape index (κ1) is 42.8. The van der Waals surface area contributed by atoms with Gasteiger partial charge in [-0.05, 0) is 64.2 Å². The van der Waals surface area contributed by atoms with Gasteiger partial charge in [-0.2, -0.15) is 0 Å². The molecule has 0 aromatic heterocycles. The van der Waals surface area contributed by atoms with Crippen molar-refractivity contribution >= 4 is 5.91 Å². The van der Waals surface area contributed by atoms with Crippen LogP contribution in [0.4, 0.5) is 0 Å². The molecule has 260 valence electrons. The standard InChI is InChI=1S/C38H73NO5/c1-3-5-7-9-11-13-15-16-17-18-19-20-22-23-25-27-29-31-35(41)37(43)34(33-40)39-38(44)36(42)32-30-28-26-24-21-14-12-10-8-6-4-2/h12,14,23,25,34-37,40-43H,3-11,13,15-22,24,26-33H2,1-2H3,(H,39,44)/b14-12-,25-23+. The maximum atomic E-state index is 12.4. The van der Waals surface area contributed by atoms with E-state index in [2.05, 4.69) is 43.5 Å². The fourth-order valence-corrected chi connectivity index (χ4v) is 5.57. The number of aliphatic hydroxyl groups excluding tert-OH is 4. The molecule has 4 unspecified atom stereocenters. The van der Waals surface area contributed by atoms with Crippen LogP contribution in [0.15, 0.2) is 24.3 Å². The Morgan fingerprint density at radius 1 is 0.545 bits per heavy atom. The van der Waals surface area contributed by atoms with Crippen LogP contribution in [-0.4, -0.2) is 57.3 Å². The first-order valence-electron chi connectivity index (χ1n) is 18.7. The van der Waals surface area contributed by atoms with Crippen LogP contribution in [0, 0.1) is 0 Å². The predicted octanol–water partition coefficient (Wildman–Crippen LogP) is 8.84. The van der Waals surface area contributed by atoms with Crippen molar-refractivity contribution < 1.29 is 25.2 Å². The second kappa shape index (κ2) is 33.2. The second-order valence-electron chi connectivity index (χ2n) is 12.9. The lowest BCUT2D eigenvalue weighted by Crippen LogP contribution is -2.53. The molecule has 0 spiro atoms. The summed E-state index contributed by atoms with van der Waals surface area (Å²) >= 11 is 0. The topological polar surface area (TPSA) is 110 Å². The van der Waals surface area contributed by atoms with Crippen LogP contribution < -0.4 is 5.32 Å². The number of nitrogens with one attached hydrogen (secondary N) is 1. The van der Waals surface area contributed by atoms with Crippen molar-refractivity contribution in [2.75, 3.05) is 6.61 Å². The highest BCUT2D eigenvalue weighted by Crippen LogP contribution is 2.14. The molecule has 0 aromatic carbocycles. The molecular formula is C38H73NO5. The second-order valence-corrected chi connectivity index (χ2v) is 12.9. The first-order chi connectivity index (χ1) is 21.5. The molecule has 0 fully saturated rings. The molecule has 6 nitrogen and oxygen atoms in total. The molecule has 6 heteroatoms. The van der Waals surface area contributed by atoms with Crippen LogP contribution in [0.3, 0.4) is 0 Å². The molecule has 0 aromatic rings. The van der Waals surface area contributed by atoms with E-state index in [1.807, 2.05) is 0 Å². The Morgan fingerprint density at radius 2 is 0.932 bits per heavy atom. The molecular weight excluding hydrogens is 550 g/mol. The quantitative estimate of drug-likeness (QED) is 0.0371. The van der Waals surface area contributed by atoms with E-state index in [0.717, 1.165) is 57.8 Å². The van der Waals surface area contributed by atoms with Gasteiger partial charge in [0.15, 0.2) is 0 Å². The van der Waals surface area contributed by atoms with E-state index in [1.54, 1.807) is 0 Å².